The third kappa shape index (κ3) is 2.98. The van der Waals surface area contributed by atoms with E-state index in [4.69, 9.17) is 10.5 Å². The van der Waals surface area contributed by atoms with Crippen molar-refractivity contribution in [1.29, 1.82) is 0 Å². The average molecular weight is 269 g/mol. The highest BCUT2D eigenvalue weighted by molar-refractivity contribution is 5.87. The minimum absolute atomic E-state index is 0.0238. The SMILES string of the molecule is NCC1(C(=O)Cc2ccc(F)c(F)c2)CCOCC1. The highest BCUT2D eigenvalue weighted by Crippen LogP contribution is 2.31. The highest BCUT2D eigenvalue weighted by Gasteiger charge is 2.38. The molecule has 19 heavy (non-hydrogen) atoms. The number of nitrogens with two attached hydrogens (primary N) is 1. The van der Waals surface area contributed by atoms with Crippen molar-refractivity contribution in [3.05, 3.63) is 35.4 Å². The summed E-state index contributed by atoms with van der Waals surface area (Å²) in [7, 11) is 0. The van der Waals surface area contributed by atoms with Crippen LogP contribution in [0.3, 0.4) is 0 Å². The topological polar surface area (TPSA) is 52.3 Å². The first-order valence-electron chi connectivity index (χ1n) is 6.32. The Labute approximate surface area is 110 Å². The van der Waals surface area contributed by atoms with Crippen LogP contribution in [0.2, 0.25) is 0 Å². The van der Waals surface area contributed by atoms with Gasteiger partial charge in [-0.3, -0.25) is 4.79 Å². The molecule has 0 atom stereocenters. The molecule has 1 heterocycles. The molecule has 0 spiro atoms. The number of ether oxygens (including phenoxy) is 1. The Bertz CT molecular complexity index is 471. The standard InChI is InChI=1S/C14H17F2NO2/c15-11-2-1-10(7-12(11)16)8-13(18)14(9-17)3-5-19-6-4-14/h1-2,7H,3-6,8-9,17H2. The fraction of sp³-hybridized carbons (Fsp3) is 0.500. The number of carbonyl (C=O) groups is 1. The van der Waals surface area contributed by atoms with Crippen molar-refractivity contribution >= 4 is 5.78 Å². The van der Waals surface area contributed by atoms with Crippen LogP contribution in [0, 0.1) is 17.0 Å². The Morgan fingerprint density at radius 1 is 1.26 bits per heavy atom. The normalized spacial score (nSPS) is 18.3. The molecule has 1 aliphatic heterocycles. The monoisotopic (exact) mass is 269 g/mol. The summed E-state index contributed by atoms with van der Waals surface area (Å²) in [4.78, 5) is 12.4. The van der Waals surface area contributed by atoms with Crippen LogP contribution < -0.4 is 5.73 Å². The van der Waals surface area contributed by atoms with E-state index in [1.165, 1.54) is 6.07 Å². The summed E-state index contributed by atoms with van der Waals surface area (Å²) in [6.07, 6.45) is 1.26. The zero-order valence-electron chi connectivity index (χ0n) is 10.6. The lowest BCUT2D eigenvalue weighted by Gasteiger charge is -2.34. The Hall–Kier alpha value is -1.33. The molecule has 1 aromatic rings. The second kappa shape index (κ2) is 5.75. The largest absolute Gasteiger partial charge is 0.381 e. The van der Waals surface area contributed by atoms with Crippen molar-refractivity contribution in [3.63, 3.8) is 0 Å². The van der Waals surface area contributed by atoms with Crippen molar-refractivity contribution in [3.8, 4) is 0 Å². The summed E-state index contributed by atoms with van der Waals surface area (Å²) in [6.45, 7) is 1.29. The van der Waals surface area contributed by atoms with Crippen LogP contribution in [0.25, 0.3) is 0 Å². The predicted octanol–water partition coefficient (Wildman–Crippen LogP) is 1.83. The Morgan fingerprint density at radius 2 is 1.95 bits per heavy atom. The first kappa shape index (κ1) is 14.1. The van der Waals surface area contributed by atoms with Crippen LogP contribution in [-0.4, -0.2) is 25.5 Å². The molecular weight excluding hydrogens is 252 g/mol. The van der Waals surface area contributed by atoms with E-state index in [-0.39, 0.29) is 18.7 Å². The molecule has 1 aromatic carbocycles. The first-order valence-corrected chi connectivity index (χ1v) is 6.32. The molecule has 2 N–H and O–H groups in total. The molecule has 0 unspecified atom stereocenters. The van der Waals surface area contributed by atoms with Crippen molar-refractivity contribution in [2.45, 2.75) is 19.3 Å². The molecule has 1 fully saturated rings. The third-order valence-electron chi connectivity index (χ3n) is 3.78. The number of rotatable bonds is 4. The summed E-state index contributed by atoms with van der Waals surface area (Å²) >= 11 is 0. The second-order valence-electron chi connectivity index (χ2n) is 4.95. The van der Waals surface area contributed by atoms with E-state index in [2.05, 4.69) is 0 Å². The molecule has 0 aliphatic carbocycles. The molecule has 0 saturated carbocycles. The van der Waals surface area contributed by atoms with Gasteiger partial charge in [-0.05, 0) is 30.5 Å². The Balaban J connectivity index is 2.12. The molecular formula is C14H17F2NO2. The smallest absolute Gasteiger partial charge is 0.159 e. The molecule has 1 saturated heterocycles. The molecule has 0 amide bonds. The van der Waals surface area contributed by atoms with Gasteiger partial charge in [0.05, 0.1) is 0 Å². The lowest BCUT2D eigenvalue weighted by molar-refractivity contribution is -0.132. The quantitative estimate of drug-likeness (QED) is 0.907. The number of hydrogen-bond acceptors (Lipinski definition) is 3. The molecule has 2 rings (SSSR count). The molecule has 5 heteroatoms. The summed E-state index contributed by atoms with van der Waals surface area (Å²) in [5, 5.41) is 0. The van der Waals surface area contributed by atoms with Crippen molar-refractivity contribution in [1.82, 2.24) is 0 Å². The fourth-order valence-corrected chi connectivity index (χ4v) is 2.38. The number of benzene rings is 1. The van der Waals surface area contributed by atoms with Gasteiger partial charge in [-0.1, -0.05) is 6.07 Å². The second-order valence-corrected chi connectivity index (χ2v) is 4.95. The van der Waals surface area contributed by atoms with Gasteiger partial charge in [-0.25, -0.2) is 8.78 Å². The number of hydrogen-bond donors (Lipinski definition) is 1. The van der Waals surface area contributed by atoms with Gasteiger partial charge < -0.3 is 10.5 Å². The number of carbonyl (C=O) groups excluding carboxylic acids is 1. The van der Waals surface area contributed by atoms with Crippen LogP contribution in [-0.2, 0) is 16.0 Å². The number of ketones is 1. The molecule has 3 nitrogen and oxygen atoms in total. The lowest BCUT2D eigenvalue weighted by atomic mass is 9.74. The minimum Gasteiger partial charge on any atom is -0.381 e. The van der Waals surface area contributed by atoms with E-state index < -0.39 is 17.0 Å². The first-order chi connectivity index (χ1) is 9.07. The number of Topliss-reactive ketones (excluding diaryl/α,β-unsaturated/α-hetero) is 1. The molecule has 0 radical (unpaired) electrons. The van der Waals surface area contributed by atoms with E-state index in [1.807, 2.05) is 0 Å². The van der Waals surface area contributed by atoms with Gasteiger partial charge in [0.2, 0.25) is 0 Å². The van der Waals surface area contributed by atoms with Gasteiger partial charge in [0.1, 0.15) is 5.78 Å². The van der Waals surface area contributed by atoms with Crippen LogP contribution >= 0.6 is 0 Å². The van der Waals surface area contributed by atoms with Gasteiger partial charge in [0.15, 0.2) is 11.6 Å². The lowest BCUT2D eigenvalue weighted by Crippen LogP contribution is -2.44. The van der Waals surface area contributed by atoms with Crippen LogP contribution in [0.5, 0.6) is 0 Å². The van der Waals surface area contributed by atoms with Crippen LogP contribution in [0.1, 0.15) is 18.4 Å². The van der Waals surface area contributed by atoms with Crippen LogP contribution in [0.4, 0.5) is 8.78 Å². The Morgan fingerprint density at radius 3 is 2.53 bits per heavy atom. The van der Waals surface area contributed by atoms with E-state index >= 15 is 0 Å². The van der Waals surface area contributed by atoms with E-state index in [0.717, 1.165) is 12.1 Å². The average Bonchev–Trinajstić information content (AvgIpc) is 2.43. The zero-order valence-corrected chi connectivity index (χ0v) is 10.6. The maximum absolute atomic E-state index is 13.1. The molecule has 104 valence electrons. The van der Waals surface area contributed by atoms with Crippen molar-refractivity contribution in [2.24, 2.45) is 11.1 Å². The minimum atomic E-state index is -0.931. The van der Waals surface area contributed by atoms with Gasteiger partial charge in [0, 0.05) is 31.6 Å². The van der Waals surface area contributed by atoms with Gasteiger partial charge >= 0.3 is 0 Å². The van der Waals surface area contributed by atoms with E-state index in [9.17, 15) is 13.6 Å². The van der Waals surface area contributed by atoms with Gasteiger partial charge in [0.25, 0.3) is 0 Å². The van der Waals surface area contributed by atoms with Crippen molar-refractivity contribution < 1.29 is 18.3 Å². The zero-order chi connectivity index (χ0) is 13.9. The fourth-order valence-electron chi connectivity index (χ4n) is 2.38. The summed E-state index contributed by atoms with van der Waals surface area (Å²) in [5.74, 6) is -1.86. The maximum atomic E-state index is 13.1. The molecule has 1 aliphatic rings. The summed E-state index contributed by atoms with van der Waals surface area (Å²) in [5.41, 5.74) is 5.63. The third-order valence-corrected chi connectivity index (χ3v) is 3.78. The molecule has 0 bridgehead atoms. The Kier molecular flexibility index (Phi) is 4.27. The predicted molar refractivity (Wildman–Crippen MR) is 66.6 cm³/mol. The highest BCUT2D eigenvalue weighted by atomic mass is 19.2. The van der Waals surface area contributed by atoms with E-state index in [0.29, 0.717) is 31.6 Å². The van der Waals surface area contributed by atoms with Gasteiger partial charge in [-0.2, -0.15) is 0 Å². The van der Waals surface area contributed by atoms with Crippen molar-refractivity contribution in [2.75, 3.05) is 19.8 Å². The van der Waals surface area contributed by atoms with Crippen LogP contribution in [0.15, 0.2) is 18.2 Å². The molecule has 0 aromatic heterocycles. The summed E-state index contributed by atoms with van der Waals surface area (Å²) < 4.78 is 31.2. The van der Waals surface area contributed by atoms with Gasteiger partial charge in [-0.15, -0.1) is 0 Å². The maximum Gasteiger partial charge on any atom is 0.159 e. The summed E-state index contributed by atoms with van der Waals surface area (Å²) in [6, 6.07) is 3.54. The van der Waals surface area contributed by atoms with E-state index in [1.54, 1.807) is 0 Å². The number of halogens is 2.